The van der Waals surface area contributed by atoms with Crippen LogP contribution in [-0.4, -0.2) is 23.7 Å². The van der Waals surface area contributed by atoms with E-state index in [2.05, 4.69) is 5.32 Å². The van der Waals surface area contributed by atoms with E-state index in [1.165, 1.54) is 11.0 Å². The third kappa shape index (κ3) is 3.79. The summed E-state index contributed by atoms with van der Waals surface area (Å²) in [4.78, 5) is 27.0. The number of para-hydroxylation sites is 1. The molecule has 0 unspecified atom stereocenters. The zero-order valence-electron chi connectivity index (χ0n) is 16.6. The second-order valence-electron chi connectivity index (χ2n) is 6.98. The van der Waals surface area contributed by atoms with Crippen molar-refractivity contribution in [2.75, 3.05) is 11.7 Å². The Hall–Kier alpha value is -4.17. The molecule has 158 valence electrons. The first-order valence-corrected chi connectivity index (χ1v) is 10.1. The van der Waals surface area contributed by atoms with Crippen molar-refractivity contribution in [3.63, 3.8) is 0 Å². The third-order valence-electron chi connectivity index (χ3n) is 4.88. The van der Waals surface area contributed by atoms with Gasteiger partial charge in [0.15, 0.2) is 16.6 Å². The SMILES string of the molecule is O=C1NC(=S)N(c2ccc(Oc3ccccc3)cc2)C(=O)C1=Cc1ccc2c(c1)OCO2. The summed E-state index contributed by atoms with van der Waals surface area (Å²) in [5, 5.41) is 2.59. The minimum absolute atomic E-state index is 0.0135. The highest BCUT2D eigenvalue weighted by Gasteiger charge is 2.34. The number of hydrogen-bond donors (Lipinski definition) is 1. The minimum Gasteiger partial charge on any atom is -0.457 e. The van der Waals surface area contributed by atoms with Gasteiger partial charge in [-0.2, -0.15) is 0 Å². The Balaban J connectivity index is 1.41. The maximum absolute atomic E-state index is 13.2. The van der Waals surface area contributed by atoms with Crippen molar-refractivity contribution in [3.8, 4) is 23.0 Å². The van der Waals surface area contributed by atoms with Crippen LogP contribution in [0.15, 0.2) is 78.4 Å². The molecule has 0 radical (unpaired) electrons. The van der Waals surface area contributed by atoms with Gasteiger partial charge in [-0.25, -0.2) is 0 Å². The average molecular weight is 444 g/mol. The average Bonchev–Trinajstić information content (AvgIpc) is 3.26. The molecule has 0 aromatic heterocycles. The molecule has 0 bridgehead atoms. The molecule has 2 aliphatic heterocycles. The standard InChI is InChI=1S/C24H16N2O5S/c27-22-19(12-15-6-11-20-21(13-15)30-14-29-20)23(28)26(24(32)25-22)16-7-9-18(10-8-16)31-17-4-2-1-3-5-17/h1-13H,14H2,(H,25,27,32). The van der Waals surface area contributed by atoms with Gasteiger partial charge in [0.05, 0.1) is 5.69 Å². The van der Waals surface area contributed by atoms with Crippen LogP contribution < -0.4 is 24.4 Å². The van der Waals surface area contributed by atoms with Gasteiger partial charge in [-0.05, 0) is 72.4 Å². The molecule has 1 fully saturated rings. The fourth-order valence-corrected chi connectivity index (χ4v) is 3.63. The van der Waals surface area contributed by atoms with E-state index < -0.39 is 11.8 Å². The number of nitrogens with one attached hydrogen (secondary N) is 1. The summed E-state index contributed by atoms with van der Waals surface area (Å²) in [5.41, 5.74) is 1.10. The van der Waals surface area contributed by atoms with Crippen LogP contribution >= 0.6 is 12.2 Å². The highest BCUT2D eigenvalue weighted by atomic mass is 32.1. The minimum atomic E-state index is -0.557. The van der Waals surface area contributed by atoms with Gasteiger partial charge in [-0.1, -0.05) is 24.3 Å². The van der Waals surface area contributed by atoms with Gasteiger partial charge in [0.1, 0.15) is 17.1 Å². The normalized spacial score (nSPS) is 16.3. The van der Waals surface area contributed by atoms with E-state index in [9.17, 15) is 9.59 Å². The van der Waals surface area contributed by atoms with E-state index in [4.69, 9.17) is 26.4 Å². The summed E-state index contributed by atoms with van der Waals surface area (Å²) in [6.45, 7) is 0.140. The lowest BCUT2D eigenvalue weighted by Gasteiger charge is -2.29. The molecule has 3 aromatic carbocycles. The predicted molar refractivity (Wildman–Crippen MR) is 122 cm³/mol. The van der Waals surface area contributed by atoms with E-state index in [0.717, 1.165) is 0 Å². The van der Waals surface area contributed by atoms with Crippen LogP contribution in [0, 0.1) is 0 Å². The lowest BCUT2D eigenvalue weighted by molar-refractivity contribution is -0.122. The molecular weight excluding hydrogens is 428 g/mol. The number of thiocarbonyl (C=S) groups is 1. The fourth-order valence-electron chi connectivity index (χ4n) is 3.35. The molecule has 1 saturated heterocycles. The van der Waals surface area contributed by atoms with Gasteiger partial charge in [0.25, 0.3) is 11.8 Å². The zero-order chi connectivity index (χ0) is 22.1. The maximum Gasteiger partial charge on any atom is 0.270 e. The van der Waals surface area contributed by atoms with Gasteiger partial charge in [-0.15, -0.1) is 0 Å². The number of carbonyl (C=O) groups is 2. The number of benzene rings is 3. The predicted octanol–water partition coefficient (Wildman–Crippen LogP) is 4.04. The Morgan fingerprint density at radius 1 is 0.906 bits per heavy atom. The molecule has 32 heavy (non-hydrogen) atoms. The van der Waals surface area contributed by atoms with Crippen LogP contribution in [-0.2, 0) is 9.59 Å². The van der Waals surface area contributed by atoms with Gasteiger partial charge in [0, 0.05) is 0 Å². The van der Waals surface area contributed by atoms with Crippen LogP contribution in [0.1, 0.15) is 5.56 Å². The molecule has 0 saturated carbocycles. The highest BCUT2D eigenvalue weighted by molar-refractivity contribution is 7.80. The van der Waals surface area contributed by atoms with E-state index in [0.29, 0.717) is 34.2 Å². The first-order valence-electron chi connectivity index (χ1n) is 9.72. The molecule has 8 heteroatoms. The summed E-state index contributed by atoms with van der Waals surface area (Å²) in [6, 6.07) is 21.4. The largest absolute Gasteiger partial charge is 0.457 e. The van der Waals surface area contributed by atoms with Crippen molar-refractivity contribution in [3.05, 3.63) is 83.9 Å². The van der Waals surface area contributed by atoms with Crippen LogP contribution in [0.5, 0.6) is 23.0 Å². The van der Waals surface area contributed by atoms with Crippen molar-refractivity contribution >= 4 is 40.9 Å². The fraction of sp³-hybridized carbons (Fsp3) is 0.0417. The van der Waals surface area contributed by atoms with Crippen LogP contribution in [0.4, 0.5) is 5.69 Å². The number of ether oxygens (including phenoxy) is 3. The summed E-state index contributed by atoms with van der Waals surface area (Å²) in [7, 11) is 0. The number of hydrogen-bond acceptors (Lipinski definition) is 6. The van der Waals surface area contributed by atoms with Crippen LogP contribution in [0.25, 0.3) is 6.08 Å². The first kappa shape index (κ1) is 19.8. The lowest BCUT2D eigenvalue weighted by Crippen LogP contribution is -2.54. The van der Waals surface area contributed by atoms with Crippen molar-refractivity contribution in [2.24, 2.45) is 0 Å². The van der Waals surface area contributed by atoms with E-state index in [-0.39, 0.29) is 17.5 Å². The topological polar surface area (TPSA) is 77.1 Å². The number of amides is 2. The van der Waals surface area contributed by atoms with Gasteiger partial charge in [0.2, 0.25) is 6.79 Å². The van der Waals surface area contributed by atoms with Gasteiger partial charge in [-0.3, -0.25) is 19.8 Å². The van der Waals surface area contributed by atoms with E-state index in [1.54, 1.807) is 42.5 Å². The van der Waals surface area contributed by atoms with Crippen LogP contribution in [0.2, 0.25) is 0 Å². The molecular formula is C24H16N2O5S. The molecule has 7 nitrogen and oxygen atoms in total. The molecule has 1 N–H and O–H groups in total. The summed E-state index contributed by atoms with van der Waals surface area (Å²) in [5.74, 6) is 1.41. The second kappa shape index (κ2) is 8.16. The number of rotatable bonds is 4. The van der Waals surface area contributed by atoms with Crippen molar-refractivity contribution in [1.29, 1.82) is 0 Å². The summed E-state index contributed by atoms with van der Waals surface area (Å²) >= 11 is 5.26. The number of fused-ring (bicyclic) bond motifs is 1. The van der Waals surface area contributed by atoms with E-state index >= 15 is 0 Å². The smallest absolute Gasteiger partial charge is 0.270 e. The zero-order valence-corrected chi connectivity index (χ0v) is 17.4. The van der Waals surface area contributed by atoms with Crippen molar-refractivity contribution in [2.45, 2.75) is 0 Å². The monoisotopic (exact) mass is 444 g/mol. The molecule has 0 spiro atoms. The molecule has 5 rings (SSSR count). The van der Waals surface area contributed by atoms with Crippen molar-refractivity contribution in [1.82, 2.24) is 5.32 Å². The van der Waals surface area contributed by atoms with Gasteiger partial charge < -0.3 is 14.2 Å². The molecule has 2 heterocycles. The third-order valence-corrected chi connectivity index (χ3v) is 5.17. The molecule has 3 aromatic rings. The Kier molecular flexibility index (Phi) is 5.04. The number of carbonyl (C=O) groups excluding carboxylic acids is 2. The molecule has 0 atom stereocenters. The quantitative estimate of drug-likeness (QED) is 0.372. The Labute approximate surface area is 188 Å². The summed E-state index contributed by atoms with van der Waals surface area (Å²) < 4.78 is 16.4. The summed E-state index contributed by atoms with van der Waals surface area (Å²) in [6.07, 6.45) is 1.50. The van der Waals surface area contributed by atoms with Crippen LogP contribution in [0.3, 0.4) is 0 Å². The Morgan fingerprint density at radius 3 is 2.41 bits per heavy atom. The van der Waals surface area contributed by atoms with Crippen molar-refractivity contribution < 1.29 is 23.8 Å². The van der Waals surface area contributed by atoms with Gasteiger partial charge >= 0.3 is 0 Å². The Bertz CT molecular complexity index is 1260. The number of anilines is 1. The first-order chi connectivity index (χ1) is 15.6. The second-order valence-corrected chi connectivity index (χ2v) is 7.37. The Morgan fingerprint density at radius 2 is 1.62 bits per heavy atom. The highest BCUT2D eigenvalue weighted by Crippen LogP contribution is 2.33. The molecule has 2 aliphatic rings. The maximum atomic E-state index is 13.2. The number of nitrogens with zero attached hydrogens (tertiary/aromatic N) is 1. The molecule has 2 amide bonds. The molecule has 0 aliphatic carbocycles. The lowest BCUT2D eigenvalue weighted by atomic mass is 10.1. The van der Waals surface area contributed by atoms with E-state index in [1.807, 2.05) is 30.3 Å².